The molecule has 1 aliphatic carbocycles. The minimum absolute atomic E-state index is 0.0331. The highest BCUT2D eigenvalue weighted by molar-refractivity contribution is 5.97. The summed E-state index contributed by atoms with van der Waals surface area (Å²) in [5.41, 5.74) is 2.80. The van der Waals surface area contributed by atoms with E-state index in [1.807, 2.05) is 33.0 Å². The summed E-state index contributed by atoms with van der Waals surface area (Å²) in [6.45, 7) is 12.3. The number of rotatable bonds is 11. The van der Waals surface area contributed by atoms with Crippen LogP contribution in [0.3, 0.4) is 0 Å². The molecule has 0 bridgehead atoms. The van der Waals surface area contributed by atoms with E-state index in [0.717, 1.165) is 57.7 Å². The van der Waals surface area contributed by atoms with Gasteiger partial charge in [-0.2, -0.15) is 0 Å². The maximum Gasteiger partial charge on any atom is 0.257 e. The molecular formula is C37H48FN7O3. The number of hydrogen-bond acceptors (Lipinski definition) is 9. The van der Waals surface area contributed by atoms with Gasteiger partial charge in [0.2, 0.25) is 0 Å². The van der Waals surface area contributed by atoms with Crippen LogP contribution in [0, 0.1) is 11.2 Å². The third-order valence-corrected chi connectivity index (χ3v) is 10.8. The van der Waals surface area contributed by atoms with Crippen molar-refractivity contribution in [1.82, 2.24) is 29.7 Å². The maximum atomic E-state index is 14.3. The molecule has 3 fully saturated rings. The molecule has 3 aliphatic heterocycles. The lowest BCUT2D eigenvalue weighted by Crippen LogP contribution is -2.65. The van der Waals surface area contributed by atoms with Gasteiger partial charge in [0.1, 0.15) is 29.7 Å². The van der Waals surface area contributed by atoms with E-state index in [9.17, 15) is 9.18 Å². The van der Waals surface area contributed by atoms with Gasteiger partial charge < -0.3 is 24.2 Å². The van der Waals surface area contributed by atoms with E-state index in [0.29, 0.717) is 24.2 Å². The summed E-state index contributed by atoms with van der Waals surface area (Å²) in [7, 11) is 2.26. The van der Waals surface area contributed by atoms with E-state index >= 15 is 0 Å². The molecule has 0 unspecified atom stereocenters. The average molecular weight is 658 g/mol. The van der Waals surface area contributed by atoms with Crippen molar-refractivity contribution in [2.24, 2.45) is 5.41 Å². The first-order valence-corrected chi connectivity index (χ1v) is 17.6. The minimum atomic E-state index is -0.488. The topological polar surface area (TPSA) is 87.2 Å². The third kappa shape index (κ3) is 6.59. The fourth-order valence-corrected chi connectivity index (χ4v) is 8.18. The number of halogens is 1. The Morgan fingerprint density at radius 2 is 1.96 bits per heavy atom. The van der Waals surface area contributed by atoms with Gasteiger partial charge in [-0.05, 0) is 97.3 Å². The second-order valence-corrected chi connectivity index (χ2v) is 14.5. The molecule has 3 aromatic rings. The van der Waals surface area contributed by atoms with E-state index in [4.69, 9.17) is 14.5 Å². The second kappa shape index (κ2) is 13.6. The van der Waals surface area contributed by atoms with Crippen LogP contribution >= 0.6 is 0 Å². The molecule has 2 saturated heterocycles. The molecule has 1 aromatic carbocycles. The zero-order valence-corrected chi connectivity index (χ0v) is 28.7. The van der Waals surface area contributed by atoms with Gasteiger partial charge in [0.25, 0.3) is 5.91 Å². The number of carbonyl (C=O) groups excluding carboxylic acids is 1. The van der Waals surface area contributed by atoms with Gasteiger partial charge in [0, 0.05) is 74.1 Å². The van der Waals surface area contributed by atoms with Crippen molar-refractivity contribution in [1.29, 1.82) is 0 Å². The lowest BCUT2D eigenvalue weighted by atomic mass is 9.61. The van der Waals surface area contributed by atoms with Gasteiger partial charge in [-0.15, -0.1) is 0 Å². The molecule has 5 heterocycles. The Morgan fingerprint density at radius 3 is 2.71 bits per heavy atom. The number of amides is 1. The number of ether oxygens (including phenoxy) is 2. The van der Waals surface area contributed by atoms with Crippen molar-refractivity contribution in [3.63, 3.8) is 0 Å². The van der Waals surface area contributed by atoms with E-state index in [1.165, 1.54) is 61.6 Å². The monoisotopic (exact) mass is 657 g/mol. The molecule has 1 spiro atoms. The van der Waals surface area contributed by atoms with Crippen molar-refractivity contribution in [3.8, 4) is 17.2 Å². The van der Waals surface area contributed by atoms with Gasteiger partial charge in [-0.25, -0.2) is 14.4 Å². The van der Waals surface area contributed by atoms with Crippen LogP contribution in [0.2, 0.25) is 0 Å². The fourth-order valence-electron chi connectivity index (χ4n) is 8.18. The molecule has 256 valence electrons. The minimum Gasteiger partial charge on any atom is -0.490 e. The first kappa shape index (κ1) is 32.7. The van der Waals surface area contributed by atoms with Crippen molar-refractivity contribution in [2.45, 2.75) is 84.0 Å². The van der Waals surface area contributed by atoms with E-state index < -0.39 is 5.82 Å². The Morgan fingerprint density at radius 1 is 1.12 bits per heavy atom. The van der Waals surface area contributed by atoms with Gasteiger partial charge in [-0.1, -0.05) is 0 Å². The number of benzene rings is 1. The number of hydrogen-bond donors (Lipinski definition) is 0. The molecule has 10 nitrogen and oxygen atoms in total. The van der Waals surface area contributed by atoms with Gasteiger partial charge in [0.05, 0.1) is 11.8 Å². The van der Waals surface area contributed by atoms with Crippen LogP contribution in [0.5, 0.6) is 17.2 Å². The fraction of sp³-hybridized carbons (Fsp3) is 0.568. The van der Waals surface area contributed by atoms with Gasteiger partial charge >= 0.3 is 0 Å². The van der Waals surface area contributed by atoms with Crippen LogP contribution in [0.25, 0.3) is 0 Å². The van der Waals surface area contributed by atoms with Crippen molar-refractivity contribution >= 4 is 11.7 Å². The highest BCUT2D eigenvalue weighted by atomic mass is 19.1. The van der Waals surface area contributed by atoms with E-state index in [2.05, 4.69) is 31.7 Å². The highest BCUT2D eigenvalue weighted by Gasteiger charge is 2.54. The Hall–Kier alpha value is -3.83. The van der Waals surface area contributed by atoms with Crippen LogP contribution in [0.1, 0.15) is 74.5 Å². The molecule has 48 heavy (non-hydrogen) atoms. The van der Waals surface area contributed by atoms with Crippen LogP contribution < -0.4 is 14.4 Å². The summed E-state index contributed by atoms with van der Waals surface area (Å²) in [6.07, 6.45) is 12.0. The first-order valence-electron chi connectivity index (χ1n) is 17.6. The van der Waals surface area contributed by atoms with E-state index in [1.54, 1.807) is 11.1 Å². The molecule has 0 radical (unpaired) electrons. The number of fused-ring (bicyclic) bond motifs is 1. The summed E-state index contributed by atoms with van der Waals surface area (Å²) in [6, 6.07) is 6.77. The number of anilines is 1. The summed E-state index contributed by atoms with van der Waals surface area (Å²) >= 11 is 0. The summed E-state index contributed by atoms with van der Waals surface area (Å²) in [4.78, 5) is 35.8. The molecule has 4 aliphatic rings. The third-order valence-electron chi connectivity index (χ3n) is 10.8. The van der Waals surface area contributed by atoms with Crippen LogP contribution in [-0.4, -0.2) is 100 Å². The predicted octanol–water partition coefficient (Wildman–Crippen LogP) is 5.56. The molecule has 2 aromatic heterocycles. The average Bonchev–Trinajstić information content (AvgIpc) is 3.46. The Balaban J connectivity index is 0.966. The number of likely N-dealkylation sites (tertiary alicyclic amines) is 1. The molecule has 1 saturated carbocycles. The SMILES string of the molecule is CCN(C(=O)c1cc(F)ccc1Oc1cncnc1N1CC2(CC(Oc3ccnc4c3CN(CC[C@@H]3CCCN3C)CC4)C2)C1)C(C)C. The number of pyridine rings is 1. The van der Waals surface area contributed by atoms with Crippen molar-refractivity contribution < 1.29 is 18.7 Å². The zero-order chi connectivity index (χ0) is 33.4. The maximum absolute atomic E-state index is 14.3. The number of aromatic nitrogens is 3. The predicted molar refractivity (Wildman–Crippen MR) is 182 cm³/mol. The Bertz CT molecular complexity index is 1620. The van der Waals surface area contributed by atoms with Gasteiger partial charge in [-0.3, -0.25) is 14.7 Å². The summed E-state index contributed by atoms with van der Waals surface area (Å²) in [5, 5.41) is 0. The van der Waals surface area contributed by atoms with E-state index in [-0.39, 0.29) is 34.8 Å². The lowest BCUT2D eigenvalue weighted by molar-refractivity contribution is -0.0352. The summed E-state index contributed by atoms with van der Waals surface area (Å²) < 4.78 is 27.2. The standard InChI is InChI=1S/C37H48FN7O3/c1-5-45(25(2)3)36(46)29-17-26(38)8-9-32(29)48-34-20-39-24-41-35(34)44-22-37(23-44)18-28(19-37)47-33-10-13-40-31-12-16-43(21-30(31)33)15-11-27-7-6-14-42(27)4/h8-10,13,17,20,24-25,27-28H,5-7,11-12,14-16,18-19,21-23H2,1-4H3/t27-/m0/s1. The smallest absolute Gasteiger partial charge is 0.257 e. The molecule has 1 amide bonds. The number of carbonyl (C=O) groups is 1. The second-order valence-electron chi connectivity index (χ2n) is 14.5. The van der Waals surface area contributed by atoms with Crippen molar-refractivity contribution in [3.05, 3.63) is 65.6 Å². The largest absolute Gasteiger partial charge is 0.490 e. The normalized spacial score (nSPS) is 20.8. The summed E-state index contributed by atoms with van der Waals surface area (Å²) in [5.74, 6) is 1.64. The Labute approximate surface area is 283 Å². The zero-order valence-electron chi connectivity index (χ0n) is 28.7. The van der Waals surface area contributed by atoms with Gasteiger partial charge in [0.15, 0.2) is 11.6 Å². The van der Waals surface area contributed by atoms with Crippen LogP contribution in [0.15, 0.2) is 43.0 Å². The Kier molecular flexibility index (Phi) is 9.26. The molecule has 7 rings (SSSR count). The van der Waals surface area contributed by atoms with Crippen LogP contribution in [-0.2, 0) is 13.0 Å². The molecule has 1 atom stereocenters. The highest BCUT2D eigenvalue weighted by Crippen LogP contribution is 2.52. The molecule has 11 heteroatoms. The molecule has 0 N–H and O–H groups in total. The first-order chi connectivity index (χ1) is 23.2. The quantitative estimate of drug-likeness (QED) is 0.263. The van der Waals surface area contributed by atoms with Crippen LogP contribution in [0.4, 0.5) is 10.2 Å². The number of nitrogens with zero attached hydrogens (tertiary/aromatic N) is 7. The lowest BCUT2D eigenvalue weighted by Gasteiger charge is -2.59. The van der Waals surface area contributed by atoms with Crippen molar-refractivity contribution in [2.75, 3.05) is 51.2 Å². The molecular weight excluding hydrogens is 609 g/mol.